The van der Waals surface area contributed by atoms with Gasteiger partial charge in [-0.3, -0.25) is 4.79 Å². The number of hydrogen-bond acceptors (Lipinski definition) is 2. The number of nitrogens with one attached hydrogen (secondary N) is 2. The topological polar surface area (TPSA) is 41.1 Å². The zero-order chi connectivity index (χ0) is 13.0. The van der Waals surface area contributed by atoms with Crippen molar-refractivity contribution in [1.29, 1.82) is 0 Å². The van der Waals surface area contributed by atoms with Gasteiger partial charge in [0.25, 0.3) is 0 Å². The van der Waals surface area contributed by atoms with E-state index in [1.165, 1.54) is 12.1 Å². The van der Waals surface area contributed by atoms with Crippen LogP contribution < -0.4 is 10.6 Å². The van der Waals surface area contributed by atoms with Crippen LogP contribution in [-0.4, -0.2) is 25.0 Å². The average molecular weight is 250 g/mol. The van der Waals surface area contributed by atoms with E-state index >= 15 is 0 Å². The summed E-state index contributed by atoms with van der Waals surface area (Å²) in [5.41, 5.74) is 2.01. The van der Waals surface area contributed by atoms with Gasteiger partial charge in [0.05, 0.1) is 6.04 Å². The lowest BCUT2D eigenvalue weighted by Gasteiger charge is -2.11. The van der Waals surface area contributed by atoms with Gasteiger partial charge in [0, 0.05) is 6.54 Å². The second-order valence-corrected chi connectivity index (χ2v) is 4.76. The standard InChI is InChI=1S/C14H19FN2O/c1-10-9-12(15)5-4-11(10)6-8-17-14(18)13-3-2-7-16-13/h4-5,9,13,16H,2-3,6-8H2,1H3,(H,17,18). The molecule has 1 aromatic carbocycles. The average Bonchev–Trinajstić information content (AvgIpc) is 2.85. The molecule has 0 aliphatic carbocycles. The van der Waals surface area contributed by atoms with E-state index in [-0.39, 0.29) is 17.8 Å². The molecule has 2 rings (SSSR count). The highest BCUT2D eigenvalue weighted by Gasteiger charge is 2.21. The molecule has 98 valence electrons. The number of aryl methyl sites for hydroxylation is 1. The second kappa shape index (κ2) is 5.96. The van der Waals surface area contributed by atoms with Crippen LogP contribution in [0.5, 0.6) is 0 Å². The van der Waals surface area contributed by atoms with Crippen molar-refractivity contribution in [3.63, 3.8) is 0 Å². The molecule has 1 aliphatic rings. The van der Waals surface area contributed by atoms with Crippen molar-refractivity contribution in [2.45, 2.75) is 32.2 Å². The lowest BCUT2D eigenvalue weighted by Crippen LogP contribution is -2.41. The van der Waals surface area contributed by atoms with Gasteiger partial charge in [-0.05, 0) is 56.0 Å². The van der Waals surface area contributed by atoms with Crippen LogP contribution in [0.3, 0.4) is 0 Å². The Balaban J connectivity index is 1.79. The fraction of sp³-hybridized carbons (Fsp3) is 0.500. The molecule has 1 aromatic rings. The molecular weight excluding hydrogens is 231 g/mol. The van der Waals surface area contributed by atoms with Gasteiger partial charge in [-0.15, -0.1) is 0 Å². The molecule has 18 heavy (non-hydrogen) atoms. The molecule has 1 amide bonds. The van der Waals surface area contributed by atoms with Crippen LogP contribution in [0.25, 0.3) is 0 Å². The van der Waals surface area contributed by atoms with Gasteiger partial charge in [0.15, 0.2) is 0 Å². The first-order valence-corrected chi connectivity index (χ1v) is 6.43. The smallest absolute Gasteiger partial charge is 0.237 e. The number of carbonyl (C=O) groups excluding carboxylic acids is 1. The molecule has 4 heteroatoms. The van der Waals surface area contributed by atoms with Gasteiger partial charge in [-0.2, -0.15) is 0 Å². The maximum atomic E-state index is 12.9. The minimum atomic E-state index is -0.213. The molecule has 3 nitrogen and oxygen atoms in total. The Labute approximate surface area is 107 Å². The highest BCUT2D eigenvalue weighted by molar-refractivity contribution is 5.81. The number of amides is 1. The summed E-state index contributed by atoms with van der Waals surface area (Å²) < 4.78 is 12.9. The molecule has 0 saturated carbocycles. The summed E-state index contributed by atoms with van der Waals surface area (Å²) in [7, 11) is 0. The third kappa shape index (κ3) is 3.29. The predicted molar refractivity (Wildman–Crippen MR) is 68.9 cm³/mol. The fourth-order valence-corrected chi connectivity index (χ4v) is 2.29. The Kier molecular flexibility index (Phi) is 4.31. The number of halogens is 1. The van der Waals surface area contributed by atoms with Crippen molar-refractivity contribution in [1.82, 2.24) is 10.6 Å². The van der Waals surface area contributed by atoms with Crippen molar-refractivity contribution in [3.8, 4) is 0 Å². The Morgan fingerprint density at radius 1 is 1.56 bits per heavy atom. The summed E-state index contributed by atoms with van der Waals surface area (Å²) in [6, 6.07) is 4.74. The molecule has 1 aliphatic heterocycles. The van der Waals surface area contributed by atoms with Gasteiger partial charge in [0.2, 0.25) is 5.91 Å². The third-order valence-electron chi connectivity index (χ3n) is 3.38. The molecule has 1 atom stereocenters. The van der Waals surface area contributed by atoms with Gasteiger partial charge in [-0.25, -0.2) is 4.39 Å². The highest BCUT2D eigenvalue weighted by Crippen LogP contribution is 2.10. The molecule has 0 bridgehead atoms. The van der Waals surface area contributed by atoms with Gasteiger partial charge >= 0.3 is 0 Å². The van der Waals surface area contributed by atoms with Crippen molar-refractivity contribution in [2.75, 3.05) is 13.1 Å². The van der Waals surface area contributed by atoms with E-state index in [2.05, 4.69) is 10.6 Å². The van der Waals surface area contributed by atoms with Gasteiger partial charge < -0.3 is 10.6 Å². The highest BCUT2D eigenvalue weighted by atomic mass is 19.1. The Hall–Kier alpha value is -1.42. The summed E-state index contributed by atoms with van der Waals surface area (Å²) in [6.45, 7) is 3.41. The summed E-state index contributed by atoms with van der Waals surface area (Å²) >= 11 is 0. The van der Waals surface area contributed by atoms with Crippen molar-refractivity contribution >= 4 is 5.91 Å². The summed E-state index contributed by atoms with van der Waals surface area (Å²) in [6.07, 6.45) is 2.72. The molecule has 1 heterocycles. The molecule has 1 saturated heterocycles. The quantitative estimate of drug-likeness (QED) is 0.851. The number of carbonyl (C=O) groups is 1. The molecular formula is C14H19FN2O. The molecule has 1 unspecified atom stereocenters. The van der Waals surface area contributed by atoms with Gasteiger partial charge in [0.1, 0.15) is 5.82 Å². The van der Waals surface area contributed by atoms with Crippen molar-refractivity contribution in [3.05, 3.63) is 35.1 Å². The number of benzene rings is 1. The lowest BCUT2D eigenvalue weighted by atomic mass is 10.1. The number of rotatable bonds is 4. The zero-order valence-electron chi connectivity index (χ0n) is 10.6. The van der Waals surface area contributed by atoms with Crippen molar-refractivity contribution < 1.29 is 9.18 Å². The SMILES string of the molecule is Cc1cc(F)ccc1CCNC(=O)C1CCCN1. The van der Waals surface area contributed by atoms with Gasteiger partial charge in [-0.1, -0.05) is 6.07 Å². The maximum absolute atomic E-state index is 12.9. The van der Waals surface area contributed by atoms with E-state index in [1.807, 2.05) is 6.92 Å². The van der Waals surface area contributed by atoms with E-state index in [0.717, 1.165) is 36.9 Å². The third-order valence-corrected chi connectivity index (χ3v) is 3.38. The summed E-state index contributed by atoms with van der Waals surface area (Å²) in [5, 5.41) is 6.08. The Morgan fingerprint density at radius 3 is 3.06 bits per heavy atom. The molecule has 2 N–H and O–H groups in total. The summed E-state index contributed by atoms with van der Waals surface area (Å²) in [4.78, 5) is 11.7. The minimum absolute atomic E-state index is 0.0284. The second-order valence-electron chi connectivity index (χ2n) is 4.76. The largest absolute Gasteiger partial charge is 0.354 e. The lowest BCUT2D eigenvalue weighted by molar-refractivity contribution is -0.122. The van der Waals surface area contributed by atoms with E-state index in [0.29, 0.717) is 6.54 Å². The Morgan fingerprint density at radius 2 is 2.39 bits per heavy atom. The van der Waals surface area contributed by atoms with Crippen LogP contribution >= 0.6 is 0 Å². The van der Waals surface area contributed by atoms with E-state index in [4.69, 9.17) is 0 Å². The van der Waals surface area contributed by atoms with E-state index < -0.39 is 0 Å². The zero-order valence-corrected chi connectivity index (χ0v) is 10.6. The fourth-order valence-electron chi connectivity index (χ4n) is 2.29. The predicted octanol–water partition coefficient (Wildman–Crippen LogP) is 1.54. The minimum Gasteiger partial charge on any atom is -0.354 e. The van der Waals surface area contributed by atoms with Crippen LogP contribution in [-0.2, 0) is 11.2 Å². The Bertz CT molecular complexity index is 428. The molecule has 0 radical (unpaired) electrons. The molecule has 0 spiro atoms. The monoisotopic (exact) mass is 250 g/mol. The first-order chi connectivity index (χ1) is 8.66. The molecule has 1 fully saturated rings. The van der Waals surface area contributed by atoms with Crippen LogP contribution in [0.2, 0.25) is 0 Å². The van der Waals surface area contributed by atoms with Crippen LogP contribution in [0, 0.1) is 12.7 Å². The summed E-state index contributed by atoms with van der Waals surface area (Å²) in [5.74, 6) is -0.136. The van der Waals surface area contributed by atoms with E-state index in [1.54, 1.807) is 6.07 Å². The van der Waals surface area contributed by atoms with Crippen LogP contribution in [0.15, 0.2) is 18.2 Å². The van der Waals surface area contributed by atoms with Crippen LogP contribution in [0.1, 0.15) is 24.0 Å². The van der Waals surface area contributed by atoms with E-state index in [9.17, 15) is 9.18 Å². The number of hydrogen-bond donors (Lipinski definition) is 2. The van der Waals surface area contributed by atoms with Crippen LogP contribution in [0.4, 0.5) is 4.39 Å². The first kappa shape index (κ1) is 13.0. The van der Waals surface area contributed by atoms with Crippen molar-refractivity contribution in [2.24, 2.45) is 0 Å². The molecule has 0 aromatic heterocycles. The first-order valence-electron chi connectivity index (χ1n) is 6.43. The normalized spacial score (nSPS) is 18.9. The maximum Gasteiger partial charge on any atom is 0.237 e.